The van der Waals surface area contributed by atoms with E-state index < -0.39 is 5.56 Å². The topological polar surface area (TPSA) is 103 Å². The molecule has 1 aromatic heterocycles. The number of para-hydroxylation sites is 1. The smallest absolute Gasteiger partial charge is 0.270 e. The molecule has 4 aromatic rings. The third-order valence-corrected chi connectivity index (χ3v) is 5.08. The summed E-state index contributed by atoms with van der Waals surface area (Å²) in [6.07, 6.45) is 1.56. The van der Waals surface area contributed by atoms with E-state index in [4.69, 9.17) is 16.3 Å². The molecule has 162 valence electrons. The zero-order valence-corrected chi connectivity index (χ0v) is 18.1. The second-order valence-corrected chi connectivity index (χ2v) is 7.31. The first-order chi connectivity index (χ1) is 16.2. The van der Waals surface area contributed by atoms with Crippen molar-refractivity contribution in [3.8, 4) is 23.1 Å². The molecule has 0 amide bonds. The van der Waals surface area contributed by atoms with Gasteiger partial charge in [-0.25, -0.2) is 10.4 Å². The van der Waals surface area contributed by atoms with Crippen molar-refractivity contribution in [3.63, 3.8) is 0 Å². The molecule has 2 N–H and O–H groups in total. The number of halogens is 1. The Balaban J connectivity index is 1.53. The van der Waals surface area contributed by atoms with Crippen LogP contribution < -0.4 is 15.7 Å². The first kappa shape index (κ1) is 21.8. The van der Waals surface area contributed by atoms with Gasteiger partial charge >= 0.3 is 0 Å². The molecule has 0 radical (unpaired) electrons. The molecule has 0 saturated carbocycles. The number of benzene rings is 3. The predicted octanol–water partition coefficient (Wildman–Crippen LogP) is 4.99. The van der Waals surface area contributed by atoms with Gasteiger partial charge in [0.05, 0.1) is 11.9 Å². The van der Waals surface area contributed by atoms with Crippen LogP contribution in [0.2, 0.25) is 5.02 Å². The molecule has 7 nitrogen and oxygen atoms in total. The molecule has 0 bridgehead atoms. The lowest BCUT2D eigenvalue weighted by Crippen LogP contribution is -2.16. The molecule has 0 aliphatic heterocycles. The Bertz CT molecular complexity index is 1390. The summed E-state index contributed by atoms with van der Waals surface area (Å²) < 4.78 is 5.92. The lowest BCUT2D eigenvalue weighted by Gasteiger charge is -2.10. The second kappa shape index (κ2) is 10.3. The molecule has 8 heteroatoms. The first-order valence-corrected chi connectivity index (χ1v) is 10.4. The van der Waals surface area contributed by atoms with Crippen LogP contribution in [-0.2, 0) is 6.61 Å². The lowest BCUT2D eigenvalue weighted by molar-refractivity contribution is 0.306. The van der Waals surface area contributed by atoms with E-state index in [9.17, 15) is 10.1 Å². The normalized spacial score (nSPS) is 10.7. The molecule has 3 aromatic carbocycles. The maximum atomic E-state index is 12.4. The van der Waals surface area contributed by atoms with E-state index in [-0.39, 0.29) is 17.2 Å². The van der Waals surface area contributed by atoms with Gasteiger partial charge in [0, 0.05) is 21.7 Å². The number of hydrazone groups is 1. The van der Waals surface area contributed by atoms with E-state index in [1.165, 1.54) is 0 Å². The van der Waals surface area contributed by atoms with Crippen molar-refractivity contribution in [1.82, 2.24) is 9.97 Å². The van der Waals surface area contributed by atoms with Crippen LogP contribution in [0.15, 0.2) is 88.8 Å². The number of nitriles is 1. The number of aromatic amines is 1. The van der Waals surface area contributed by atoms with E-state index >= 15 is 0 Å². The van der Waals surface area contributed by atoms with Crippen LogP contribution in [0.4, 0.5) is 5.95 Å². The van der Waals surface area contributed by atoms with Crippen molar-refractivity contribution in [2.75, 3.05) is 5.43 Å². The number of rotatable bonds is 7. The van der Waals surface area contributed by atoms with Crippen molar-refractivity contribution in [3.05, 3.63) is 111 Å². The molecule has 0 fully saturated rings. The summed E-state index contributed by atoms with van der Waals surface area (Å²) in [6.45, 7) is 0.308. The number of nitrogens with zero attached hydrogens (tertiary/aromatic N) is 3. The average molecular weight is 456 g/mol. The minimum atomic E-state index is -0.549. The largest absolute Gasteiger partial charge is 0.488 e. The highest BCUT2D eigenvalue weighted by Crippen LogP contribution is 2.22. The first-order valence-electron chi connectivity index (χ1n) is 10.00. The molecule has 1 heterocycles. The van der Waals surface area contributed by atoms with Gasteiger partial charge in [0.15, 0.2) is 0 Å². The van der Waals surface area contributed by atoms with Crippen LogP contribution in [0.5, 0.6) is 5.75 Å². The van der Waals surface area contributed by atoms with E-state index in [0.29, 0.717) is 22.9 Å². The monoisotopic (exact) mass is 455 g/mol. The number of ether oxygens (including phenoxy) is 1. The highest BCUT2D eigenvalue weighted by atomic mass is 35.5. The van der Waals surface area contributed by atoms with E-state index in [0.717, 1.165) is 11.1 Å². The van der Waals surface area contributed by atoms with Gasteiger partial charge in [-0.3, -0.25) is 9.78 Å². The molecule has 0 unspecified atom stereocenters. The standard InChI is InChI=1S/C25H18ClN5O2/c26-21-12-6-4-11-19(21)16-33-22-13-7-5-10-18(22)15-28-31-25-29-23(17-8-2-1-3-9-17)20(14-27)24(32)30-25/h1-13,15H,16H2,(H2,29,30,31,32). The van der Waals surface area contributed by atoms with E-state index in [1.807, 2.05) is 72.8 Å². The van der Waals surface area contributed by atoms with Crippen molar-refractivity contribution < 1.29 is 4.74 Å². The van der Waals surface area contributed by atoms with Crippen LogP contribution in [0.3, 0.4) is 0 Å². The summed E-state index contributed by atoms with van der Waals surface area (Å²) in [6, 6.07) is 25.8. The Morgan fingerprint density at radius 2 is 1.79 bits per heavy atom. The zero-order valence-electron chi connectivity index (χ0n) is 17.3. The van der Waals surface area contributed by atoms with Gasteiger partial charge in [0.25, 0.3) is 5.56 Å². The third kappa shape index (κ3) is 5.26. The van der Waals surface area contributed by atoms with Gasteiger partial charge in [-0.05, 0) is 18.2 Å². The van der Waals surface area contributed by atoms with Gasteiger partial charge in [-0.1, -0.05) is 72.3 Å². The lowest BCUT2D eigenvalue weighted by atomic mass is 10.1. The van der Waals surface area contributed by atoms with Crippen molar-refractivity contribution in [2.45, 2.75) is 6.61 Å². The SMILES string of the molecule is N#Cc1c(-c2ccccc2)nc(NN=Cc2ccccc2OCc2ccccc2Cl)[nH]c1=O. The number of hydrogen-bond acceptors (Lipinski definition) is 6. The zero-order chi connectivity index (χ0) is 23.0. The van der Waals surface area contributed by atoms with E-state index in [1.54, 1.807) is 18.3 Å². The highest BCUT2D eigenvalue weighted by molar-refractivity contribution is 6.31. The third-order valence-electron chi connectivity index (χ3n) is 4.71. The number of nitrogens with one attached hydrogen (secondary N) is 2. The highest BCUT2D eigenvalue weighted by Gasteiger charge is 2.13. The predicted molar refractivity (Wildman–Crippen MR) is 128 cm³/mol. The summed E-state index contributed by atoms with van der Waals surface area (Å²) in [4.78, 5) is 19.3. The molecule has 33 heavy (non-hydrogen) atoms. The Hall–Kier alpha value is -4.41. The molecule has 0 saturated heterocycles. The minimum absolute atomic E-state index is 0.0611. The quantitative estimate of drug-likeness (QED) is 0.302. The molecular formula is C25H18ClN5O2. The molecule has 4 rings (SSSR count). The van der Waals surface area contributed by atoms with Crippen molar-refractivity contribution in [2.24, 2.45) is 5.10 Å². The minimum Gasteiger partial charge on any atom is -0.488 e. The summed E-state index contributed by atoms with van der Waals surface area (Å²) in [5.41, 5.74) is 4.64. The maximum Gasteiger partial charge on any atom is 0.270 e. The van der Waals surface area contributed by atoms with E-state index in [2.05, 4.69) is 20.5 Å². The number of aromatic nitrogens is 2. The van der Waals surface area contributed by atoms with Crippen LogP contribution in [0, 0.1) is 11.3 Å². The Labute approximate surface area is 195 Å². The van der Waals surface area contributed by atoms with Gasteiger partial charge in [0.1, 0.15) is 24.0 Å². The Morgan fingerprint density at radius 3 is 2.58 bits per heavy atom. The molecule has 0 aliphatic rings. The van der Waals surface area contributed by atoms with Crippen LogP contribution >= 0.6 is 11.6 Å². The van der Waals surface area contributed by atoms with Gasteiger partial charge in [0.2, 0.25) is 5.95 Å². The molecule has 0 spiro atoms. The second-order valence-electron chi connectivity index (χ2n) is 6.90. The van der Waals surface area contributed by atoms with Gasteiger partial charge < -0.3 is 4.74 Å². The fraction of sp³-hybridized carbons (Fsp3) is 0.0400. The summed E-state index contributed by atoms with van der Waals surface area (Å²) in [5, 5.41) is 14.2. The van der Waals surface area contributed by atoms with Gasteiger partial charge in [-0.2, -0.15) is 10.4 Å². The Kier molecular flexibility index (Phi) is 6.78. The summed E-state index contributed by atoms with van der Waals surface area (Å²) >= 11 is 6.20. The maximum absolute atomic E-state index is 12.4. The number of hydrogen-bond donors (Lipinski definition) is 2. The average Bonchev–Trinajstić information content (AvgIpc) is 2.84. The summed E-state index contributed by atoms with van der Waals surface area (Å²) in [7, 11) is 0. The summed E-state index contributed by atoms with van der Waals surface area (Å²) in [5.74, 6) is 0.734. The molecule has 0 atom stereocenters. The molecule has 0 aliphatic carbocycles. The van der Waals surface area contributed by atoms with Gasteiger partial charge in [-0.15, -0.1) is 0 Å². The van der Waals surface area contributed by atoms with Crippen LogP contribution in [0.1, 0.15) is 16.7 Å². The fourth-order valence-electron chi connectivity index (χ4n) is 3.09. The number of H-pyrrole nitrogens is 1. The van der Waals surface area contributed by atoms with Crippen LogP contribution in [0.25, 0.3) is 11.3 Å². The molecular weight excluding hydrogens is 438 g/mol. The van der Waals surface area contributed by atoms with Crippen molar-refractivity contribution >= 4 is 23.8 Å². The van der Waals surface area contributed by atoms with Crippen molar-refractivity contribution in [1.29, 1.82) is 5.26 Å². The van der Waals surface area contributed by atoms with Crippen LogP contribution in [-0.4, -0.2) is 16.2 Å². The fourth-order valence-corrected chi connectivity index (χ4v) is 3.28. The number of anilines is 1. The Morgan fingerprint density at radius 1 is 1.06 bits per heavy atom.